The van der Waals surface area contributed by atoms with Crippen molar-refractivity contribution < 1.29 is 23.9 Å². The summed E-state index contributed by atoms with van der Waals surface area (Å²) in [5, 5.41) is 5.31. The van der Waals surface area contributed by atoms with E-state index in [2.05, 4.69) is 15.4 Å². The topological polar surface area (TPSA) is 93.7 Å². The second kappa shape index (κ2) is 7.96. The summed E-state index contributed by atoms with van der Waals surface area (Å²) in [6.07, 6.45) is 0. The molecule has 0 bridgehead atoms. The summed E-state index contributed by atoms with van der Waals surface area (Å²) in [4.78, 5) is 35.2. The molecule has 0 radical (unpaired) electrons. The third-order valence-corrected chi connectivity index (χ3v) is 3.31. The van der Waals surface area contributed by atoms with Crippen LogP contribution in [0.3, 0.4) is 0 Å². The lowest BCUT2D eigenvalue weighted by atomic mass is 10.1. The zero-order chi connectivity index (χ0) is 18.4. The van der Waals surface area contributed by atoms with E-state index in [9.17, 15) is 14.4 Å². The number of carbonyl (C=O) groups is 3. The molecular weight excluding hydrogens is 324 g/mol. The van der Waals surface area contributed by atoms with Crippen LogP contribution in [0.25, 0.3) is 0 Å². The second-order valence-electron chi connectivity index (χ2n) is 5.12. The van der Waals surface area contributed by atoms with Crippen LogP contribution < -0.4 is 15.4 Å². The van der Waals surface area contributed by atoms with Crippen LogP contribution in [0.2, 0.25) is 0 Å². The van der Waals surface area contributed by atoms with E-state index in [1.165, 1.54) is 33.3 Å². The molecule has 0 unspecified atom stereocenters. The van der Waals surface area contributed by atoms with Crippen LogP contribution in [0.1, 0.15) is 27.6 Å². The number of esters is 1. The first-order valence-electron chi connectivity index (χ1n) is 7.40. The minimum absolute atomic E-state index is 0.276. The van der Waals surface area contributed by atoms with Gasteiger partial charge >= 0.3 is 5.97 Å². The fourth-order valence-corrected chi connectivity index (χ4v) is 2.18. The van der Waals surface area contributed by atoms with Gasteiger partial charge in [0.2, 0.25) is 5.91 Å². The van der Waals surface area contributed by atoms with Crippen molar-refractivity contribution in [2.75, 3.05) is 24.9 Å². The predicted octanol–water partition coefficient (Wildman–Crippen LogP) is 2.69. The largest absolute Gasteiger partial charge is 0.495 e. The Hall–Kier alpha value is -3.35. The highest BCUT2D eigenvalue weighted by Gasteiger charge is 2.13. The number of amides is 2. The van der Waals surface area contributed by atoms with Crippen molar-refractivity contribution in [2.45, 2.75) is 6.92 Å². The highest BCUT2D eigenvalue weighted by Crippen LogP contribution is 2.26. The zero-order valence-electron chi connectivity index (χ0n) is 14.1. The number of ether oxygens (including phenoxy) is 2. The Kier molecular flexibility index (Phi) is 5.73. The van der Waals surface area contributed by atoms with Gasteiger partial charge < -0.3 is 20.1 Å². The predicted molar refractivity (Wildman–Crippen MR) is 93.0 cm³/mol. The Morgan fingerprint density at radius 1 is 0.920 bits per heavy atom. The summed E-state index contributed by atoms with van der Waals surface area (Å²) in [6, 6.07) is 11.1. The van der Waals surface area contributed by atoms with Gasteiger partial charge in [-0.1, -0.05) is 6.07 Å². The lowest BCUT2D eigenvalue weighted by Crippen LogP contribution is -2.14. The van der Waals surface area contributed by atoms with Crippen molar-refractivity contribution in [1.29, 1.82) is 0 Å². The monoisotopic (exact) mass is 342 g/mol. The molecule has 2 aromatic carbocycles. The SMILES string of the molecule is COC(=O)c1cccc(NC(=O)c2ccc(OC)c(NC(C)=O)c2)c1. The summed E-state index contributed by atoms with van der Waals surface area (Å²) >= 11 is 0. The van der Waals surface area contributed by atoms with Crippen molar-refractivity contribution in [2.24, 2.45) is 0 Å². The maximum Gasteiger partial charge on any atom is 0.337 e. The van der Waals surface area contributed by atoms with Crippen LogP contribution in [-0.4, -0.2) is 32.0 Å². The number of anilines is 2. The number of benzene rings is 2. The number of carbonyl (C=O) groups excluding carboxylic acids is 3. The third kappa shape index (κ3) is 4.57. The molecule has 0 aromatic heterocycles. The fourth-order valence-electron chi connectivity index (χ4n) is 2.18. The molecule has 2 N–H and O–H groups in total. The Morgan fingerprint density at radius 2 is 1.68 bits per heavy atom. The average Bonchev–Trinajstić information content (AvgIpc) is 2.60. The van der Waals surface area contributed by atoms with Gasteiger partial charge in [0.1, 0.15) is 5.75 Å². The van der Waals surface area contributed by atoms with Crippen molar-refractivity contribution >= 4 is 29.2 Å². The van der Waals surface area contributed by atoms with E-state index in [4.69, 9.17) is 4.74 Å². The lowest BCUT2D eigenvalue weighted by molar-refractivity contribution is -0.114. The fraction of sp³-hybridized carbons (Fsp3) is 0.167. The normalized spacial score (nSPS) is 9.88. The highest BCUT2D eigenvalue weighted by molar-refractivity contribution is 6.06. The van der Waals surface area contributed by atoms with Gasteiger partial charge in [-0.2, -0.15) is 0 Å². The van der Waals surface area contributed by atoms with Crippen molar-refractivity contribution in [3.8, 4) is 5.75 Å². The molecular formula is C18H18N2O5. The van der Waals surface area contributed by atoms with E-state index in [1.54, 1.807) is 30.3 Å². The summed E-state index contributed by atoms with van der Waals surface area (Å²) in [5.74, 6) is -0.717. The molecule has 0 spiro atoms. The molecule has 2 rings (SSSR count). The number of hydrogen-bond donors (Lipinski definition) is 2. The first-order valence-corrected chi connectivity index (χ1v) is 7.40. The van der Waals surface area contributed by atoms with E-state index in [-0.39, 0.29) is 5.91 Å². The van der Waals surface area contributed by atoms with Gasteiger partial charge in [0.25, 0.3) is 5.91 Å². The smallest absolute Gasteiger partial charge is 0.337 e. The lowest BCUT2D eigenvalue weighted by Gasteiger charge is -2.11. The molecule has 0 aliphatic carbocycles. The standard InChI is InChI=1S/C18H18N2O5/c1-11(21)19-15-10-12(7-8-16(15)24-2)17(22)20-14-6-4-5-13(9-14)18(23)25-3/h4-10H,1-3H3,(H,19,21)(H,20,22). The van der Waals surface area contributed by atoms with Crippen LogP contribution >= 0.6 is 0 Å². The number of methoxy groups -OCH3 is 2. The van der Waals surface area contributed by atoms with Crippen LogP contribution in [0, 0.1) is 0 Å². The first kappa shape index (κ1) is 18.0. The third-order valence-electron chi connectivity index (χ3n) is 3.31. The molecule has 25 heavy (non-hydrogen) atoms. The molecule has 0 heterocycles. The van der Waals surface area contributed by atoms with Gasteiger partial charge in [-0.05, 0) is 36.4 Å². The summed E-state index contributed by atoms with van der Waals surface area (Å²) < 4.78 is 9.81. The number of nitrogens with one attached hydrogen (secondary N) is 2. The molecule has 0 aliphatic heterocycles. The average molecular weight is 342 g/mol. The Balaban J connectivity index is 2.23. The Bertz CT molecular complexity index is 817. The van der Waals surface area contributed by atoms with Crippen molar-refractivity contribution in [3.63, 3.8) is 0 Å². The second-order valence-corrected chi connectivity index (χ2v) is 5.12. The highest BCUT2D eigenvalue weighted by atomic mass is 16.5. The molecule has 0 fully saturated rings. The van der Waals surface area contributed by atoms with Crippen LogP contribution in [-0.2, 0) is 9.53 Å². The van der Waals surface area contributed by atoms with Crippen LogP contribution in [0.15, 0.2) is 42.5 Å². The minimum atomic E-state index is -0.492. The molecule has 7 nitrogen and oxygen atoms in total. The van der Waals surface area contributed by atoms with Gasteiger partial charge in [0.05, 0.1) is 25.5 Å². The number of rotatable bonds is 5. The van der Waals surface area contributed by atoms with Gasteiger partial charge in [0.15, 0.2) is 0 Å². The quantitative estimate of drug-likeness (QED) is 0.815. The van der Waals surface area contributed by atoms with Crippen molar-refractivity contribution in [1.82, 2.24) is 0 Å². The summed E-state index contributed by atoms with van der Waals surface area (Å²) in [6.45, 7) is 1.37. The molecule has 2 amide bonds. The Morgan fingerprint density at radius 3 is 2.32 bits per heavy atom. The zero-order valence-corrected chi connectivity index (χ0v) is 14.1. The molecule has 0 saturated heterocycles. The van der Waals surface area contributed by atoms with Crippen LogP contribution in [0.4, 0.5) is 11.4 Å². The van der Waals surface area contributed by atoms with Gasteiger partial charge in [-0.15, -0.1) is 0 Å². The molecule has 2 aromatic rings. The summed E-state index contributed by atoms with van der Waals surface area (Å²) in [5.41, 5.74) is 1.50. The van der Waals surface area contributed by atoms with Crippen molar-refractivity contribution in [3.05, 3.63) is 53.6 Å². The summed E-state index contributed by atoms with van der Waals surface area (Å²) in [7, 11) is 2.76. The number of hydrogen-bond acceptors (Lipinski definition) is 5. The molecule has 0 aliphatic rings. The first-order chi connectivity index (χ1) is 11.9. The van der Waals surface area contributed by atoms with Crippen LogP contribution in [0.5, 0.6) is 5.75 Å². The van der Waals surface area contributed by atoms with Gasteiger partial charge in [0, 0.05) is 18.2 Å². The Labute approximate surface area is 144 Å². The van der Waals surface area contributed by atoms with Gasteiger partial charge in [-0.3, -0.25) is 9.59 Å². The maximum atomic E-state index is 12.4. The maximum absolute atomic E-state index is 12.4. The molecule has 0 saturated carbocycles. The van der Waals surface area contributed by atoms with E-state index >= 15 is 0 Å². The van der Waals surface area contributed by atoms with E-state index in [0.29, 0.717) is 28.3 Å². The van der Waals surface area contributed by atoms with E-state index in [1.807, 2.05) is 0 Å². The van der Waals surface area contributed by atoms with Gasteiger partial charge in [-0.25, -0.2) is 4.79 Å². The molecule has 0 atom stereocenters. The van der Waals surface area contributed by atoms with E-state index < -0.39 is 11.9 Å². The molecule has 7 heteroatoms. The van der Waals surface area contributed by atoms with E-state index in [0.717, 1.165) is 0 Å². The molecule has 130 valence electrons. The minimum Gasteiger partial charge on any atom is -0.495 e.